The normalized spacial score (nSPS) is 11.4. The van der Waals surface area contributed by atoms with Gasteiger partial charge in [0.05, 0.1) is 12.0 Å². The van der Waals surface area contributed by atoms with Gasteiger partial charge in [0, 0.05) is 18.2 Å². The van der Waals surface area contributed by atoms with Gasteiger partial charge >= 0.3 is 5.97 Å². The third-order valence-corrected chi connectivity index (χ3v) is 4.28. The van der Waals surface area contributed by atoms with Gasteiger partial charge in [-0.25, -0.2) is 9.18 Å². The highest BCUT2D eigenvalue weighted by atomic mass is 19.1. The Morgan fingerprint density at radius 3 is 2.29 bits per heavy atom. The average molecular weight is 419 g/mol. The molecule has 0 unspecified atom stereocenters. The predicted molar refractivity (Wildman–Crippen MR) is 114 cm³/mol. The van der Waals surface area contributed by atoms with Crippen molar-refractivity contribution < 1.29 is 23.6 Å². The lowest BCUT2D eigenvalue weighted by molar-refractivity contribution is -0.384. The molecule has 0 aliphatic heterocycles. The van der Waals surface area contributed by atoms with Crippen LogP contribution in [0.2, 0.25) is 0 Å². The summed E-state index contributed by atoms with van der Waals surface area (Å²) in [5, 5.41) is 10.7. The van der Waals surface area contributed by atoms with Crippen molar-refractivity contribution >= 4 is 17.2 Å². The van der Waals surface area contributed by atoms with Crippen LogP contribution >= 0.6 is 0 Å². The Balaban J connectivity index is 1.83. The van der Waals surface area contributed by atoms with Crippen molar-refractivity contribution in [3.63, 3.8) is 0 Å². The van der Waals surface area contributed by atoms with Gasteiger partial charge in [-0.3, -0.25) is 10.1 Å². The highest BCUT2D eigenvalue weighted by Crippen LogP contribution is 2.27. The van der Waals surface area contributed by atoms with Crippen molar-refractivity contribution in [1.82, 2.24) is 0 Å². The SMILES string of the molecule is COc1cccc(/C(=C\C=C\C(=O)Oc2ccc([N+](=O)[O-])cc2)c2cccc(F)c2)c1. The summed E-state index contributed by atoms with van der Waals surface area (Å²) >= 11 is 0. The Hall–Kier alpha value is -4.26. The zero-order valence-electron chi connectivity index (χ0n) is 16.5. The summed E-state index contributed by atoms with van der Waals surface area (Å²) in [7, 11) is 1.55. The highest BCUT2D eigenvalue weighted by Gasteiger charge is 2.08. The number of ether oxygens (including phenoxy) is 2. The van der Waals surface area contributed by atoms with Gasteiger partial charge < -0.3 is 9.47 Å². The number of carbonyl (C=O) groups is 1. The fraction of sp³-hybridized carbons (Fsp3) is 0.0417. The van der Waals surface area contributed by atoms with Crippen molar-refractivity contribution in [1.29, 1.82) is 0 Å². The smallest absolute Gasteiger partial charge is 0.336 e. The second-order valence-corrected chi connectivity index (χ2v) is 6.35. The zero-order valence-corrected chi connectivity index (χ0v) is 16.5. The molecule has 0 atom stereocenters. The number of allylic oxidation sites excluding steroid dienone is 2. The molecule has 7 heteroatoms. The lowest BCUT2D eigenvalue weighted by atomic mass is 9.97. The third-order valence-electron chi connectivity index (χ3n) is 4.28. The van der Waals surface area contributed by atoms with Crippen LogP contribution < -0.4 is 9.47 Å². The van der Waals surface area contributed by atoms with E-state index in [2.05, 4.69) is 0 Å². The molecule has 0 saturated heterocycles. The molecule has 0 N–H and O–H groups in total. The monoisotopic (exact) mass is 419 g/mol. The molecule has 31 heavy (non-hydrogen) atoms. The van der Waals surface area contributed by atoms with Crippen LogP contribution in [0.4, 0.5) is 10.1 Å². The van der Waals surface area contributed by atoms with Crippen LogP contribution in [-0.2, 0) is 4.79 Å². The van der Waals surface area contributed by atoms with E-state index in [1.54, 1.807) is 37.5 Å². The van der Waals surface area contributed by atoms with Crippen LogP contribution in [0.1, 0.15) is 11.1 Å². The predicted octanol–water partition coefficient (Wildman–Crippen LogP) is 5.34. The van der Waals surface area contributed by atoms with Gasteiger partial charge in [0.15, 0.2) is 0 Å². The van der Waals surface area contributed by atoms with Gasteiger partial charge in [0.25, 0.3) is 5.69 Å². The fourth-order valence-electron chi connectivity index (χ4n) is 2.81. The Kier molecular flexibility index (Phi) is 6.90. The number of hydrogen-bond acceptors (Lipinski definition) is 5. The Labute approximate surface area is 178 Å². The van der Waals surface area contributed by atoms with E-state index in [1.165, 1.54) is 48.6 Å². The maximum Gasteiger partial charge on any atom is 0.336 e. The number of nitro benzene ring substituents is 1. The molecule has 0 radical (unpaired) electrons. The molecule has 0 amide bonds. The largest absolute Gasteiger partial charge is 0.497 e. The van der Waals surface area contributed by atoms with Gasteiger partial charge in [-0.05, 0) is 53.1 Å². The van der Waals surface area contributed by atoms with Gasteiger partial charge in [-0.1, -0.05) is 36.4 Å². The molecule has 0 aromatic heterocycles. The standard InChI is InChI=1S/C24H18FNO5/c1-30-22-8-3-6-18(16-22)23(17-5-2-7-19(25)15-17)9-4-10-24(27)31-21-13-11-20(12-14-21)26(28)29/h2-16H,1H3/b10-4+,23-9-. The van der Waals surface area contributed by atoms with Crippen LogP contribution in [0.5, 0.6) is 11.5 Å². The maximum absolute atomic E-state index is 13.8. The van der Waals surface area contributed by atoms with Crippen LogP contribution in [-0.4, -0.2) is 18.0 Å². The van der Waals surface area contributed by atoms with Gasteiger partial charge in [-0.2, -0.15) is 0 Å². The average Bonchev–Trinajstić information content (AvgIpc) is 2.77. The maximum atomic E-state index is 13.8. The van der Waals surface area contributed by atoms with E-state index < -0.39 is 10.9 Å². The number of esters is 1. The minimum atomic E-state index is -0.658. The number of rotatable bonds is 7. The number of nitrogens with zero attached hydrogens (tertiary/aromatic N) is 1. The van der Waals surface area contributed by atoms with Gasteiger partial charge in [0.2, 0.25) is 0 Å². The molecule has 0 aliphatic carbocycles. The molecule has 6 nitrogen and oxygen atoms in total. The molecular formula is C24H18FNO5. The lowest BCUT2D eigenvalue weighted by Crippen LogP contribution is -2.03. The molecule has 3 rings (SSSR count). The van der Waals surface area contributed by atoms with Crippen molar-refractivity contribution in [2.45, 2.75) is 0 Å². The van der Waals surface area contributed by atoms with E-state index in [0.29, 0.717) is 16.9 Å². The minimum Gasteiger partial charge on any atom is -0.497 e. The summed E-state index contributed by atoms with van der Waals surface area (Å²) < 4.78 is 24.2. The molecule has 0 aliphatic rings. The number of nitro groups is 1. The minimum absolute atomic E-state index is 0.101. The topological polar surface area (TPSA) is 78.7 Å². The first-order chi connectivity index (χ1) is 15.0. The molecule has 0 heterocycles. The van der Waals surface area contributed by atoms with E-state index in [-0.39, 0.29) is 17.3 Å². The highest BCUT2D eigenvalue weighted by molar-refractivity contribution is 5.86. The van der Waals surface area contributed by atoms with E-state index in [1.807, 2.05) is 12.1 Å². The van der Waals surface area contributed by atoms with E-state index in [0.717, 1.165) is 5.56 Å². The van der Waals surface area contributed by atoms with Crippen LogP contribution in [0, 0.1) is 15.9 Å². The summed E-state index contributed by atoms with van der Waals surface area (Å²) in [6, 6.07) is 18.6. The van der Waals surface area contributed by atoms with Crippen LogP contribution in [0.15, 0.2) is 91.0 Å². The first-order valence-electron chi connectivity index (χ1n) is 9.21. The zero-order chi connectivity index (χ0) is 22.2. The van der Waals surface area contributed by atoms with Crippen molar-refractivity contribution in [2.75, 3.05) is 7.11 Å². The first-order valence-corrected chi connectivity index (χ1v) is 9.21. The first kappa shape index (κ1) is 21.4. The fourth-order valence-corrected chi connectivity index (χ4v) is 2.81. The number of benzene rings is 3. The van der Waals surface area contributed by atoms with E-state index in [9.17, 15) is 19.3 Å². The van der Waals surface area contributed by atoms with Crippen molar-refractivity contribution in [2.24, 2.45) is 0 Å². The molecule has 0 spiro atoms. The summed E-state index contributed by atoms with van der Waals surface area (Å²) in [6.07, 6.45) is 4.37. The molecular weight excluding hydrogens is 401 g/mol. The number of carbonyl (C=O) groups excluding carboxylic acids is 1. The number of hydrogen-bond donors (Lipinski definition) is 0. The van der Waals surface area contributed by atoms with E-state index in [4.69, 9.17) is 9.47 Å². The Morgan fingerprint density at radius 1 is 0.968 bits per heavy atom. The Morgan fingerprint density at radius 2 is 1.65 bits per heavy atom. The summed E-state index contributed by atoms with van der Waals surface area (Å²) in [5.41, 5.74) is 1.98. The second-order valence-electron chi connectivity index (χ2n) is 6.35. The number of halogens is 1. The van der Waals surface area contributed by atoms with Crippen LogP contribution in [0.3, 0.4) is 0 Å². The molecule has 156 valence electrons. The summed E-state index contributed by atoms with van der Waals surface area (Å²) in [5.74, 6) is -0.217. The summed E-state index contributed by atoms with van der Waals surface area (Å²) in [4.78, 5) is 22.2. The van der Waals surface area contributed by atoms with Crippen molar-refractivity contribution in [3.05, 3.63) is 118 Å². The summed E-state index contributed by atoms with van der Waals surface area (Å²) in [6.45, 7) is 0. The molecule has 0 fully saturated rings. The van der Waals surface area contributed by atoms with Crippen LogP contribution in [0.25, 0.3) is 5.57 Å². The third kappa shape index (κ3) is 5.86. The van der Waals surface area contributed by atoms with Crippen molar-refractivity contribution in [3.8, 4) is 11.5 Å². The molecule has 0 saturated carbocycles. The van der Waals surface area contributed by atoms with Gasteiger partial charge in [0.1, 0.15) is 17.3 Å². The number of methoxy groups -OCH3 is 1. The molecule has 0 bridgehead atoms. The molecule has 3 aromatic carbocycles. The van der Waals surface area contributed by atoms with Gasteiger partial charge in [-0.15, -0.1) is 0 Å². The second kappa shape index (κ2) is 9.98. The van der Waals surface area contributed by atoms with E-state index >= 15 is 0 Å². The number of non-ortho nitro benzene ring substituents is 1. The molecule has 3 aromatic rings. The quantitative estimate of drug-likeness (QED) is 0.129. The Bertz CT molecular complexity index is 1150. The lowest BCUT2D eigenvalue weighted by Gasteiger charge is -2.10.